The minimum Gasteiger partial charge on any atom is -0.497 e. The summed E-state index contributed by atoms with van der Waals surface area (Å²) < 4.78 is 19.0. The average molecular weight is 476 g/mol. The number of carbonyl (C=O) groups is 2. The third kappa shape index (κ3) is 6.23. The van der Waals surface area contributed by atoms with Crippen LogP contribution in [0.5, 0.6) is 5.75 Å². The molecule has 1 aliphatic rings. The van der Waals surface area contributed by atoms with Gasteiger partial charge in [0.1, 0.15) is 23.3 Å². The van der Waals surface area contributed by atoms with Gasteiger partial charge >= 0.3 is 0 Å². The second-order valence-corrected chi connectivity index (χ2v) is 8.79. The zero-order valence-electron chi connectivity index (χ0n) is 19.8. The lowest BCUT2D eigenvalue weighted by molar-refractivity contribution is -0.127. The Morgan fingerprint density at radius 1 is 1.03 bits per heavy atom. The molecule has 2 aromatic carbocycles. The smallest absolute Gasteiger partial charge is 0.273 e. The van der Waals surface area contributed by atoms with Gasteiger partial charge in [0, 0.05) is 18.8 Å². The first-order valence-electron chi connectivity index (χ1n) is 12.0. The van der Waals surface area contributed by atoms with E-state index in [2.05, 4.69) is 10.3 Å². The highest BCUT2D eigenvalue weighted by molar-refractivity contribution is 5.96. The van der Waals surface area contributed by atoms with Crippen molar-refractivity contribution in [2.45, 2.75) is 50.7 Å². The molecule has 1 saturated carbocycles. The van der Waals surface area contributed by atoms with Crippen molar-refractivity contribution in [2.24, 2.45) is 0 Å². The van der Waals surface area contributed by atoms with E-state index in [0.717, 1.165) is 37.7 Å². The third-order valence-corrected chi connectivity index (χ3v) is 6.35. The molecule has 35 heavy (non-hydrogen) atoms. The number of carbonyl (C=O) groups excluding carboxylic acids is 2. The van der Waals surface area contributed by atoms with Gasteiger partial charge in [-0.25, -0.2) is 4.39 Å². The standard InChI is InChI=1S/C28H30FN3O3/c1-35-24-16-10-20(11-17-24)19-32(28(34)25-9-5-6-18-30-25)26(21-12-14-22(29)15-13-21)27(33)31-23-7-3-2-4-8-23/h5-6,9-18,23,26H,2-4,7-8,19H2,1H3,(H,31,33). The van der Waals surface area contributed by atoms with E-state index in [4.69, 9.17) is 4.74 Å². The van der Waals surface area contributed by atoms with Gasteiger partial charge in [0.2, 0.25) is 5.91 Å². The van der Waals surface area contributed by atoms with Crippen molar-refractivity contribution in [3.05, 3.63) is 95.6 Å². The summed E-state index contributed by atoms with van der Waals surface area (Å²) in [6.45, 7) is 0.166. The zero-order chi connectivity index (χ0) is 24.6. The fourth-order valence-electron chi connectivity index (χ4n) is 4.49. The lowest BCUT2D eigenvalue weighted by Gasteiger charge is -2.33. The molecule has 7 heteroatoms. The highest BCUT2D eigenvalue weighted by Gasteiger charge is 2.34. The van der Waals surface area contributed by atoms with E-state index in [-0.39, 0.29) is 30.1 Å². The maximum atomic E-state index is 13.8. The van der Waals surface area contributed by atoms with Gasteiger partial charge in [-0.05, 0) is 60.4 Å². The number of amides is 2. The number of nitrogens with one attached hydrogen (secondary N) is 1. The number of aromatic nitrogens is 1. The van der Waals surface area contributed by atoms with Gasteiger partial charge in [0.15, 0.2) is 0 Å². The van der Waals surface area contributed by atoms with E-state index < -0.39 is 11.9 Å². The molecule has 0 bridgehead atoms. The average Bonchev–Trinajstić information content (AvgIpc) is 2.90. The first-order chi connectivity index (χ1) is 17.0. The maximum Gasteiger partial charge on any atom is 0.273 e. The highest BCUT2D eigenvalue weighted by Crippen LogP contribution is 2.28. The predicted octanol–water partition coefficient (Wildman–Crippen LogP) is 5.06. The summed E-state index contributed by atoms with van der Waals surface area (Å²) in [5.41, 5.74) is 1.60. The lowest BCUT2D eigenvalue weighted by atomic mass is 9.94. The van der Waals surface area contributed by atoms with Crippen LogP contribution in [0.3, 0.4) is 0 Å². The zero-order valence-corrected chi connectivity index (χ0v) is 19.8. The Bertz CT molecular complexity index is 1110. The molecule has 182 valence electrons. The van der Waals surface area contributed by atoms with E-state index >= 15 is 0 Å². The van der Waals surface area contributed by atoms with Gasteiger partial charge in [-0.15, -0.1) is 0 Å². The fraction of sp³-hybridized carbons (Fsp3) is 0.321. The van der Waals surface area contributed by atoms with Crippen LogP contribution in [0.1, 0.15) is 59.8 Å². The molecule has 1 aliphatic carbocycles. The van der Waals surface area contributed by atoms with Crippen molar-refractivity contribution in [1.82, 2.24) is 15.2 Å². The van der Waals surface area contributed by atoms with Crippen LogP contribution in [0.25, 0.3) is 0 Å². The molecule has 2 amide bonds. The Morgan fingerprint density at radius 3 is 2.37 bits per heavy atom. The lowest BCUT2D eigenvalue weighted by Crippen LogP contribution is -2.47. The minimum atomic E-state index is -0.950. The second-order valence-electron chi connectivity index (χ2n) is 8.79. The quantitative estimate of drug-likeness (QED) is 0.494. The summed E-state index contributed by atoms with van der Waals surface area (Å²) in [4.78, 5) is 33.2. The number of hydrogen-bond acceptors (Lipinski definition) is 4. The number of methoxy groups -OCH3 is 1. The number of ether oxygens (including phenoxy) is 1. The number of nitrogens with zero attached hydrogens (tertiary/aromatic N) is 2. The van der Waals surface area contributed by atoms with Gasteiger partial charge in [-0.1, -0.05) is 49.6 Å². The minimum absolute atomic E-state index is 0.0620. The van der Waals surface area contributed by atoms with Crippen molar-refractivity contribution in [3.63, 3.8) is 0 Å². The van der Waals surface area contributed by atoms with Crippen LogP contribution in [0.4, 0.5) is 4.39 Å². The maximum absolute atomic E-state index is 13.8. The molecule has 6 nitrogen and oxygen atoms in total. The molecule has 0 spiro atoms. The summed E-state index contributed by atoms with van der Waals surface area (Å²) >= 11 is 0. The van der Waals surface area contributed by atoms with Crippen LogP contribution in [0.15, 0.2) is 72.9 Å². The van der Waals surface area contributed by atoms with E-state index in [1.807, 2.05) is 24.3 Å². The van der Waals surface area contributed by atoms with Crippen LogP contribution in [0, 0.1) is 5.82 Å². The Hall–Kier alpha value is -3.74. The summed E-state index contributed by atoms with van der Waals surface area (Å²) in [7, 11) is 1.59. The Balaban J connectivity index is 1.72. The van der Waals surface area contributed by atoms with Crippen LogP contribution >= 0.6 is 0 Å². The first kappa shape index (κ1) is 24.4. The van der Waals surface area contributed by atoms with Gasteiger partial charge in [-0.3, -0.25) is 14.6 Å². The van der Waals surface area contributed by atoms with Crippen molar-refractivity contribution >= 4 is 11.8 Å². The summed E-state index contributed by atoms with van der Waals surface area (Å²) in [6, 6.07) is 17.3. The monoisotopic (exact) mass is 475 g/mol. The molecular formula is C28H30FN3O3. The van der Waals surface area contributed by atoms with Crippen molar-refractivity contribution in [2.75, 3.05) is 7.11 Å². The number of rotatable bonds is 8. The first-order valence-corrected chi connectivity index (χ1v) is 12.0. The fourth-order valence-corrected chi connectivity index (χ4v) is 4.49. The largest absolute Gasteiger partial charge is 0.497 e. The molecule has 1 heterocycles. The highest BCUT2D eigenvalue weighted by atomic mass is 19.1. The van der Waals surface area contributed by atoms with Gasteiger partial charge < -0.3 is 15.0 Å². The van der Waals surface area contributed by atoms with Gasteiger partial charge in [-0.2, -0.15) is 0 Å². The molecule has 0 aliphatic heterocycles. The molecule has 1 atom stereocenters. The van der Waals surface area contributed by atoms with Gasteiger partial charge in [0.25, 0.3) is 5.91 Å². The van der Waals surface area contributed by atoms with E-state index in [0.29, 0.717) is 11.3 Å². The Morgan fingerprint density at radius 2 is 1.74 bits per heavy atom. The molecule has 0 radical (unpaired) electrons. The summed E-state index contributed by atoms with van der Waals surface area (Å²) in [5.74, 6) is -0.365. The van der Waals surface area contributed by atoms with Crippen LogP contribution < -0.4 is 10.1 Å². The van der Waals surface area contributed by atoms with Crippen molar-refractivity contribution in [1.29, 1.82) is 0 Å². The molecule has 1 unspecified atom stereocenters. The predicted molar refractivity (Wildman–Crippen MR) is 131 cm³/mol. The normalized spacial score (nSPS) is 14.7. The molecule has 1 N–H and O–H groups in total. The number of halogens is 1. The Kier molecular flexibility index (Phi) is 8.08. The molecule has 3 aromatic rings. The molecular weight excluding hydrogens is 445 g/mol. The third-order valence-electron chi connectivity index (χ3n) is 6.35. The van der Waals surface area contributed by atoms with Crippen LogP contribution in [-0.4, -0.2) is 34.8 Å². The SMILES string of the molecule is COc1ccc(CN(C(=O)c2ccccn2)C(C(=O)NC2CCCCC2)c2ccc(F)cc2)cc1. The van der Waals surface area contributed by atoms with Crippen LogP contribution in [-0.2, 0) is 11.3 Å². The van der Waals surface area contributed by atoms with E-state index in [9.17, 15) is 14.0 Å². The van der Waals surface area contributed by atoms with Crippen molar-refractivity contribution in [3.8, 4) is 5.75 Å². The van der Waals surface area contributed by atoms with E-state index in [1.54, 1.807) is 43.6 Å². The topological polar surface area (TPSA) is 71.5 Å². The van der Waals surface area contributed by atoms with Crippen molar-refractivity contribution < 1.29 is 18.7 Å². The van der Waals surface area contributed by atoms with Crippen LogP contribution in [0.2, 0.25) is 0 Å². The molecule has 4 rings (SSSR count). The molecule has 1 aromatic heterocycles. The summed E-state index contributed by atoms with van der Waals surface area (Å²) in [6.07, 6.45) is 6.66. The van der Waals surface area contributed by atoms with E-state index in [1.165, 1.54) is 17.0 Å². The number of hydrogen-bond donors (Lipinski definition) is 1. The molecule has 0 saturated heterocycles. The molecule has 1 fully saturated rings. The number of benzene rings is 2. The van der Waals surface area contributed by atoms with Gasteiger partial charge in [0.05, 0.1) is 7.11 Å². The second kappa shape index (κ2) is 11.6. The number of pyridine rings is 1. The summed E-state index contributed by atoms with van der Waals surface area (Å²) in [5, 5.41) is 3.16. The Labute approximate surface area is 205 Å².